The highest BCUT2D eigenvalue weighted by molar-refractivity contribution is 5.96. The molecule has 0 spiro atoms. The predicted octanol–water partition coefficient (Wildman–Crippen LogP) is 2.15. The van der Waals surface area contributed by atoms with Gasteiger partial charge >= 0.3 is 0 Å². The van der Waals surface area contributed by atoms with Gasteiger partial charge in [0.25, 0.3) is 5.91 Å². The highest BCUT2D eigenvalue weighted by Gasteiger charge is 2.22. The first-order chi connectivity index (χ1) is 6.68. The standard InChI is InChI=1S/C12H15NO/c1-9-4-5-10(2)11(8-9)12(14)13-6-3-7-13/h4-5,8H,3,6-7H2,1-2H3. The molecular formula is C12H15NO. The number of hydrogen-bond donors (Lipinski definition) is 0. The monoisotopic (exact) mass is 189 g/mol. The van der Waals surface area contributed by atoms with E-state index in [0.29, 0.717) is 0 Å². The molecule has 14 heavy (non-hydrogen) atoms. The Morgan fingerprint density at radius 2 is 2.00 bits per heavy atom. The summed E-state index contributed by atoms with van der Waals surface area (Å²) in [4.78, 5) is 13.8. The third kappa shape index (κ3) is 1.52. The number of hydrogen-bond acceptors (Lipinski definition) is 1. The van der Waals surface area contributed by atoms with Crippen molar-refractivity contribution in [2.45, 2.75) is 20.3 Å². The zero-order valence-electron chi connectivity index (χ0n) is 8.71. The predicted molar refractivity (Wildman–Crippen MR) is 56.4 cm³/mol. The molecule has 1 aliphatic rings. The molecule has 0 saturated carbocycles. The molecule has 1 aliphatic heterocycles. The Morgan fingerprint density at radius 3 is 2.57 bits per heavy atom. The van der Waals surface area contributed by atoms with Crippen LogP contribution in [0.4, 0.5) is 0 Å². The maximum atomic E-state index is 11.9. The van der Waals surface area contributed by atoms with E-state index in [0.717, 1.165) is 36.2 Å². The second-order valence-electron chi connectivity index (χ2n) is 3.96. The Balaban J connectivity index is 2.29. The van der Waals surface area contributed by atoms with Crippen molar-refractivity contribution in [1.82, 2.24) is 4.90 Å². The van der Waals surface area contributed by atoms with E-state index >= 15 is 0 Å². The van der Waals surface area contributed by atoms with Gasteiger partial charge in [-0.25, -0.2) is 0 Å². The van der Waals surface area contributed by atoms with Crippen LogP contribution in [0.1, 0.15) is 27.9 Å². The van der Waals surface area contributed by atoms with Gasteiger partial charge in [0.1, 0.15) is 0 Å². The van der Waals surface area contributed by atoms with E-state index in [-0.39, 0.29) is 5.91 Å². The van der Waals surface area contributed by atoms with E-state index in [1.807, 2.05) is 36.9 Å². The summed E-state index contributed by atoms with van der Waals surface area (Å²) in [7, 11) is 0. The third-order valence-corrected chi connectivity index (χ3v) is 2.77. The molecule has 0 radical (unpaired) electrons. The van der Waals surface area contributed by atoms with E-state index in [2.05, 4.69) is 0 Å². The maximum Gasteiger partial charge on any atom is 0.254 e. The van der Waals surface area contributed by atoms with Crippen molar-refractivity contribution in [3.8, 4) is 0 Å². The first-order valence-corrected chi connectivity index (χ1v) is 5.05. The van der Waals surface area contributed by atoms with Crippen LogP contribution < -0.4 is 0 Å². The molecule has 1 aromatic rings. The molecule has 0 bridgehead atoms. The number of nitrogens with zero attached hydrogens (tertiary/aromatic N) is 1. The van der Waals surface area contributed by atoms with Gasteiger partial charge in [0.05, 0.1) is 0 Å². The Morgan fingerprint density at radius 1 is 1.29 bits per heavy atom. The van der Waals surface area contributed by atoms with Crippen molar-refractivity contribution in [2.75, 3.05) is 13.1 Å². The Kier molecular flexibility index (Phi) is 2.28. The second kappa shape index (κ2) is 3.45. The lowest BCUT2D eigenvalue weighted by atomic mass is 10.0. The van der Waals surface area contributed by atoms with E-state index in [1.54, 1.807) is 0 Å². The molecule has 0 N–H and O–H groups in total. The van der Waals surface area contributed by atoms with Gasteiger partial charge in [-0.05, 0) is 31.9 Å². The van der Waals surface area contributed by atoms with E-state index < -0.39 is 0 Å². The maximum absolute atomic E-state index is 11.9. The number of aryl methyl sites for hydroxylation is 2. The fraction of sp³-hybridized carbons (Fsp3) is 0.417. The summed E-state index contributed by atoms with van der Waals surface area (Å²) in [5, 5.41) is 0. The molecule has 2 nitrogen and oxygen atoms in total. The van der Waals surface area contributed by atoms with Crippen LogP contribution in [-0.4, -0.2) is 23.9 Å². The van der Waals surface area contributed by atoms with Crippen LogP contribution in [-0.2, 0) is 0 Å². The SMILES string of the molecule is Cc1ccc(C)c(C(=O)N2CCC2)c1. The first-order valence-electron chi connectivity index (χ1n) is 5.05. The van der Waals surface area contributed by atoms with Gasteiger partial charge in [-0.3, -0.25) is 4.79 Å². The molecular weight excluding hydrogens is 174 g/mol. The minimum Gasteiger partial charge on any atom is -0.339 e. The molecule has 2 heteroatoms. The topological polar surface area (TPSA) is 20.3 Å². The first kappa shape index (κ1) is 9.25. The molecule has 2 rings (SSSR count). The van der Waals surface area contributed by atoms with Gasteiger partial charge in [0.15, 0.2) is 0 Å². The summed E-state index contributed by atoms with van der Waals surface area (Å²) in [5.41, 5.74) is 3.09. The van der Waals surface area contributed by atoms with Crippen LogP contribution in [0.2, 0.25) is 0 Å². The lowest BCUT2D eigenvalue weighted by molar-refractivity contribution is 0.0651. The van der Waals surface area contributed by atoms with Crippen molar-refractivity contribution in [3.63, 3.8) is 0 Å². The van der Waals surface area contributed by atoms with Gasteiger partial charge in [0, 0.05) is 18.7 Å². The third-order valence-electron chi connectivity index (χ3n) is 2.77. The van der Waals surface area contributed by atoms with Crippen LogP contribution in [0.3, 0.4) is 0 Å². The smallest absolute Gasteiger partial charge is 0.254 e. The summed E-state index contributed by atoms with van der Waals surface area (Å²) >= 11 is 0. The fourth-order valence-electron chi connectivity index (χ4n) is 1.66. The van der Waals surface area contributed by atoms with Crippen molar-refractivity contribution >= 4 is 5.91 Å². The summed E-state index contributed by atoms with van der Waals surface area (Å²) in [6.45, 7) is 5.86. The quantitative estimate of drug-likeness (QED) is 0.663. The number of amides is 1. The molecule has 0 aliphatic carbocycles. The number of rotatable bonds is 1. The number of carbonyl (C=O) groups is 1. The summed E-state index contributed by atoms with van der Waals surface area (Å²) < 4.78 is 0. The largest absolute Gasteiger partial charge is 0.339 e. The van der Waals surface area contributed by atoms with Gasteiger partial charge in [-0.15, -0.1) is 0 Å². The van der Waals surface area contributed by atoms with Crippen LogP contribution in [0.15, 0.2) is 18.2 Å². The zero-order chi connectivity index (χ0) is 10.1. The Labute approximate surface area is 84.5 Å². The highest BCUT2D eigenvalue weighted by atomic mass is 16.2. The molecule has 1 fully saturated rings. The minimum atomic E-state index is 0.192. The summed E-state index contributed by atoms with van der Waals surface area (Å²) in [6.07, 6.45) is 1.15. The van der Waals surface area contributed by atoms with E-state index in [4.69, 9.17) is 0 Å². The normalized spacial score (nSPS) is 15.1. The van der Waals surface area contributed by atoms with Crippen LogP contribution >= 0.6 is 0 Å². The number of likely N-dealkylation sites (tertiary alicyclic amines) is 1. The molecule has 74 valence electrons. The second-order valence-corrected chi connectivity index (χ2v) is 3.96. The average Bonchev–Trinajstić information content (AvgIpc) is 2.06. The van der Waals surface area contributed by atoms with Crippen molar-refractivity contribution in [3.05, 3.63) is 34.9 Å². The van der Waals surface area contributed by atoms with Crippen LogP contribution in [0.5, 0.6) is 0 Å². The average molecular weight is 189 g/mol. The van der Waals surface area contributed by atoms with Gasteiger partial charge in [-0.1, -0.05) is 17.7 Å². The molecule has 0 atom stereocenters. The van der Waals surface area contributed by atoms with Crippen molar-refractivity contribution in [1.29, 1.82) is 0 Å². The molecule has 1 saturated heterocycles. The minimum absolute atomic E-state index is 0.192. The van der Waals surface area contributed by atoms with Crippen molar-refractivity contribution < 1.29 is 4.79 Å². The molecule has 0 unspecified atom stereocenters. The molecule has 1 amide bonds. The van der Waals surface area contributed by atoms with Gasteiger partial charge in [0.2, 0.25) is 0 Å². The van der Waals surface area contributed by atoms with Crippen LogP contribution in [0.25, 0.3) is 0 Å². The van der Waals surface area contributed by atoms with E-state index in [1.165, 1.54) is 0 Å². The molecule has 1 heterocycles. The van der Waals surface area contributed by atoms with Crippen molar-refractivity contribution in [2.24, 2.45) is 0 Å². The number of carbonyl (C=O) groups excluding carboxylic acids is 1. The summed E-state index contributed by atoms with van der Waals surface area (Å²) in [5.74, 6) is 0.192. The zero-order valence-corrected chi connectivity index (χ0v) is 8.71. The fourth-order valence-corrected chi connectivity index (χ4v) is 1.66. The van der Waals surface area contributed by atoms with E-state index in [9.17, 15) is 4.79 Å². The molecule has 1 aromatic carbocycles. The number of benzene rings is 1. The van der Waals surface area contributed by atoms with Gasteiger partial charge < -0.3 is 4.90 Å². The summed E-state index contributed by atoms with van der Waals surface area (Å²) in [6, 6.07) is 6.04. The highest BCUT2D eigenvalue weighted by Crippen LogP contribution is 2.16. The Hall–Kier alpha value is -1.31. The molecule has 0 aromatic heterocycles. The lowest BCUT2D eigenvalue weighted by Crippen LogP contribution is -2.42. The lowest BCUT2D eigenvalue weighted by Gasteiger charge is -2.31. The van der Waals surface area contributed by atoms with Crippen LogP contribution in [0, 0.1) is 13.8 Å². The van der Waals surface area contributed by atoms with Gasteiger partial charge in [-0.2, -0.15) is 0 Å². The Bertz CT molecular complexity index is 367.